The molecule has 0 bridgehead atoms. The maximum Gasteiger partial charge on any atom is 0.416 e. The van der Waals surface area contributed by atoms with Gasteiger partial charge in [0.2, 0.25) is 0 Å². The first kappa shape index (κ1) is 20.5. The van der Waals surface area contributed by atoms with Gasteiger partial charge in [0.15, 0.2) is 6.17 Å². The number of para-hydroxylation sites is 1. The highest BCUT2D eigenvalue weighted by Gasteiger charge is 2.53. The molecule has 0 saturated heterocycles. The van der Waals surface area contributed by atoms with Crippen LogP contribution >= 0.6 is 0 Å². The average Bonchev–Trinajstić information content (AvgIpc) is 3.27. The number of halogens is 3. The minimum atomic E-state index is -4.49. The highest BCUT2D eigenvalue weighted by Crippen LogP contribution is 2.51. The number of nitrogens with zero attached hydrogens (tertiary/aromatic N) is 3. The van der Waals surface area contributed by atoms with Gasteiger partial charge in [-0.1, -0.05) is 43.3 Å². The van der Waals surface area contributed by atoms with Crippen molar-refractivity contribution in [1.82, 2.24) is 5.32 Å². The predicted molar refractivity (Wildman–Crippen MR) is 114 cm³/mol. The minimum absolute atomic E-state index is 0.213. The van der Waals surface area contributed by atoms with Gasteiger partial charge in [0.1, 0.15) is 0 Å². The number of hydrogen-bond acceptors (Lipinski definition) is 4. The van der Waals surface area contributed by atoms with Gasteiger partial charge in [-0.2, -0.15) is 23.4 Å². The molecular formula is C24H21F3N4O. The molecule has 2 aromatic rings. The van der Waals surface area contributed by atoms with E-state index < -0.39 is 23.3 Å². The lowest BCUT2D eigenvalue weighted by atomic mass is 9.62. The third-order valence-corrected chi connectivity index (χ3v) is 6.53. The van der Waals surface area contributed by atoms with Crippen molar-refractivity contribution < 1.29 is 18.0 Å². The average molecular weight is 438 g/mol. The number of alkyl halides is 3. The molecule has 3 heterocycles. The second kappa shape index (κ2) is 7.32. The number of anilines is 1. The van der Waals surface area contributed by atoms with E-state index in [0.717, 1.165) is 23.5 Å². The van der Waals surface area contributed by atoms with Crippen LogP contribution in [0.3, 0.4) is 0 Å². The standard InChI is InChI=1S/C24H21F3N4O/c1-2-23(15-7-6-8-16(13-15)24(25,26)27)18-14-28-30-21(18)29-19-11-12-31(22(32)20(19)23)17-9-4-3-5-10-17/h3-10,13-14,21,29H,2,11-12H2,1H3. The summed E-state index contributed by atoms with van der Waals surface area (Å²) in [4.78, 5) is 15.6. The Morgan fingerprint density at radius 3 is 2.66 bits per heavy atom. The van der Waals surface area contributed by atoms with Crippen molar-refractivity contribution >= 4 is 11.6 Å². The van der Waals surface area contributed by atoms with Crippen LogP contribution in [-0.4, -0.2) is 18.6 Å². The fraction of sp³-hybridized carbons (Fsp3) is 0.292. The number of carbonyl (C=O) groups is 1. The lowest BCUT2D eigenvalue weighted by Crippen LogP contribution is -2.54. The van der Waals surface area contributed by atoms with Gasteiger partial charge in [0.25, 0.3) is 5.91 Å². The molecule has 2 atom stereocenters. The van der Waals surface area contributed by atoms with Gasteiger partial charge in [-0.3, -0.25) is 4.79 Å². The van der Waals surface area contributed by atoms with E-state index >= 15 is 0 Å². The Labute approximate surface area is 183 Å². The first-order chi connectivity index (χ1) is 15.4. The van der Waals surface area contributed by atoms with E-state index in [1.54, 1.807) is 17.2 Å². The highest BCUT2D eigenvalue weighted by atomic mass is 19.4. The highest BCUT2D eigenvalue weighted by molar-refractivity contribution is 6.09. The topological polar surface area (TPSA) is 57.1 Å². The van der Waals surface area contributed by atoms with Crippen molar-refractivity contribution in [3.8, 4) is 0 Å². The molecule has 1 amide bonds. The Kier molecular flexibility index (Phi) is 4.69. The molecule has 0 saturated carbocycles. The van der Waals surface area contributed by atoms with Crippen LogP contribution in [0.2, 0.25) is 0 Å². The first-order valence-electron chi connectivity index (χ1n) is 10.5. The van der Waals surface area contributed by atoms with E-state index in [2.05, 4.69) is 15.5 Å². The molecule has 0 radical (unpaired) electrons. The number of rotatable bonds is 3. The number of hydrogen-bond donors (Lipinski definition) is 1. The molecule has 3 aliphatic heterocycles. The smallest absolute Gasteiger partial charge is 0.362 e. The molecule has 3 aliphatic rings. The number of fused-ring (bicyclic) bond motifs is 1. The Morgan fingerprint density at radius 1 is 1.16 bits per heavy atom. The van der Waals surface area contributed by atoms with Gasteiger partial charge < -0.3 is 10.2 Å². The summed E-state index contributed by atoms with van der Waals surface area (Å²) in [5.74, 6) is -0.213. The summed E-state index contributed by atoms with van der Waals surface area (Å²) < 4.78 is 40.7. The van der Waals surface area contributed by atoms with Gasteiger partial charge in [-0.25, -0.2) is 0 Å². The first-order valence-corrected chi connectivity index (χ1v) is 10.5. The van der Waals surface area contributed by atoms with E-state index in [4.69, 9.17) is 0 Å². The Bertz CT molecular complexity index is 1170. The Balaban J connectivity index is 1.72. The van der Waals surface area contributed by atoms with Crippen LogP contribution in [0.4, 0.5) is 18.9 Å². The van der Waals surface area contributed by atoms with Gasteiger partial charge >= 0.3 is 6.18 Å². The summed E-state index contributed by atoms with van der Waals surface area (Å²) in [5.41, 5.74) is 1.29. The molecule has 8 heteroatoms. The quantitative estimate of drug-likeness (QED) is 0.705. The third-order valence-electron chi connectivity index (χ3n) is 6.53. The molecule has 0 aliphatic carbocycles. The fourth-order valence-electron chi connectivity index (χ4n) is 5.06. The summed E-state index contributed by atoms with van der Waals surface area (Å²) in [5, 5.41) is 11.6. The van der Waals surface area contributed by atoms with Crippen LogP contribution in [0.25, 0.3) is 0 Å². The molecule has 2 aromatic carbocycles. The Hall–Kier alpha value is -3.42. The van der Waals surface area contributed by atoms with Gasteiger partial charge in [-0.15, -0.1) is 0 Å². The molecular weight excluding hydrogens is 417 g/mol. The van der Waals surface area contributed by atoms with Crippen molar-refractivity contribution in [2.75, 3.05) is 11.4 Å². The molecule has 5 nitrogen and oxygen atoms in total. The lowest BCUT2D eigenvalue weighted by molar-refractivity contribution is -0.137. The molecule has 2 unspecified atom stereocenters. The zero-order valence-corrected chi connectivity index (χ0v) is 17.4. The largest absolute Gasteiger partial charge is 0.416 e. The normalized spacial score (nSPS) is 24.8. The Morgan fingerprint density at radius 2 is 1.94 bits per heavy atom. The molecule has 164 valence electrons. The van der Waals surface area contributed by atoms with E-state index in [9.17, 15) is 18.0 Å². The molecule has 0 fully saturated rings. The molecule has 5 rings (SSSR count). The summed E-state index contributed by atoms with van der Waals surface area (Å²) in [6, 6.07) is 14.6. The van der Waals surface area contributed by atoms with E-state index in [-0.39, 0.29) is 5.91 Å². The van der Waals surface area contributed by atoms with E-state index in [1.807, 2.05) is 37.3 Å². The fourth-order valence-corrected chi connectivity index (χ4v) is 5.06. The van der Waals surface area contributed by atoms with Crippen molar-refractivity contribution in [3.63, 3.8) is 0 Å². The van der Waals surface area contributed by atoms with Crippen LogP contribution in [-0.2, 0) is 16.4 Å². The van der Waals surface area contributed by atoms with Crippen LogP contribution < -0.4 is 10.2 Å². The third kappa shape index (κ3) is 2.97. The number of azo groups is 1. The van der Waals surface area contributed by atoms with E-state index in [0.29, 0.717) is 36.1 Å². The van der Waals surface area contributed by atoms with E-state index in [1.165, 1.54) is 6.07 Å². The summed E-state index contributed by atoms with van der Waals surface area (Å²) in [6.45, 7) is 2.36. The second-order valence-corrected chi connectivity index (χ2v) is 8.10. The molecule has 0 aromatic heterocycles. The van der Waals surface area contributed by atoms with Gasteiger partial charge in [0.05, 0.1) is 22.8 Å². The van der Waals surface area contributed by atoms with Crippen molar-refractivity contribution in [3.05, 3.63) is 88.8 Å². The van der Waals surface area contributed by atoms with Crippen LogP contribution in [0.5, 0.6) is 0 Å². The van der Waals surface area contributed by atoms with Crippen LogP contribution in [0.1, 0.15) is 30.9 Å². The van der Waals surface area contributed by atoms with Gasteiger partial charge in [0, 0.05) is 29.9 Å². The summed E-state index contributed by atoms with van der Waals surface area (Å²) in [7, 11) is 0. The van der Waals surface area contributed by atoms with Crippen molar-refractivity contribution in [2.24, 2.45) is 10.2 Å². The van der Waals surface area contributed by atoms with Gasteiger partial charge in [-0.05, 0) is 30.2 Å². The van der Waals surface area contributed by atoms with Crippen molar-refractivity contribution in [2.45, 2.75) is 37.5 Å². The maximum absolute atomic E-state index is 13.9. The zero-order valence-electron chi connectivity index (χ0n) is 17.4. The van der Waals surface area contributed by atoms with Crippen LogP contribution in [0.15, 0.2) is 87.9 Å². The molecule has 32 heavy (non-hydrogen) atoms. The number of nitrogens with one attached hydrogen (secondary N) is 1. The zero-order chi connectivity index (χ0) is 22.5. The lowest BCUT2D eigenvalue weighted by Gasteiger charge is -2.47. The predicted octanol–water partition coefficient (Wildman–Crippen LogP) is 5.32. The summed E-state index contributed by atoms with van der Waals surface area (Å²) >= 11 is 0. The van der Waals surface area contributed by atoms with Crippen molar-refractivity contribution in [1.29, 1.82) is 0 Å². The monoisotopic (exact) mass is 438 g/mol. The maximum atomic E-state index is 13.9. The molecule has 1 N–H and O–H groups in total. The number of benzene rings is 2. The summed E-state index contributed by atoms with van der Waals surface area (Å²) in [6.07, 6.45) is -2.44. The number of carbonyl (C=O) groups excluding carboxylic acids is 1. The number of amides is 1. The SMILES string of the molecule is CCC1(c2cccc(C(F)(F)F)c2)C2=CN=NC2NC2=C1C(=O)N(c1ccccc1)CC2. The van der Waals surface area contributed by atoms with Crippen LogP contribution in [0, 0.1) is 0 Å². The minimum Gasteiger partial charge on any atom is -0.362 e. The second-order valence-electron chi connectivity index (χ2n) is 8.10. The molecule has 0 spiro atoms.